The topological polar surface area (TPSA) is 78.9 Å². The van der Waals surface area contributed by atoms with Crippen molar-refractivity contribution < 1.29 is 19.4 Å². The third-order valence-corrected chi connectivity index (χ3v) is 3.25. The molecule has 1 rings (SSSR count). The number of amides is 2. The molecule has 1 aliphatic heterocycles. The van der Waals surface area contributed by atoms with Gasteiger partial charge in [0.1, 0.15) is 0 Å². The lowest BCUT2D eigenvalue weighted by Crippen LogP contribution is -2.42. The minimum absolute atomic E-state index is 0.0988. The number of ether oxygens (including phenoxy) is 1. The molecule has 1 aliphatic rings. The van der Waals surface area contributed by atoms with Crippen LogP contribution in [-0.2, 0) is 9.53 Å². The van der Waals surface area contributed by atoms with E-state index in [1.54, 1.807) is 12.0 Å². The smallest absolute Gasteiger partial charge is 0.317 e. The summed E-state index contributed by atoms with van der Waals surface area (Å²) in [4.78, 5) is 24.4. The zero-order valence-corrected chi connectivity index (χ0v) is 11.0. The standard InChI is InChI=1S/C12H22N2O4/c1-3-4-9(11(15)16)7-13-12(17)14-6-5-10(8-14)18-2/h9-10H,3-8H2,1-2H3,(H,13,17)(H,15,16). The van der Waals surface area contributed by atoms with Crippen LogP contribution in [0, 0.1) is 5.92 Å². The highest BCUT2D eigenvalue weighted by molar-refractivity contribution is 5.76. The summed E-state index contributed by atoms with van der Waals surface area (Å²) in [5.74, 6) is -1.35. The highest BCUT2D eigenvalue weighted by Crippen LogP contribution is 2.12. The minimum Gasteiger partial charge on any atom is -0.481 e. The highest BCUT2D eigenvalue weighted by Gasteiger charge is 2.26. The Morgan fingerprint density at radius 2 is 2.28 bits per heavy atom. The number of hydrogen-bond acceptors (Lipinski definition) is 3. The van der Waals surface area contributed by atoms with Crippen LogP contribution in [0.15, 0.2) is 0 Å². The van der Waals surface area contributed by atoms with Crippen LogP contribution in [0.2, 0.25) is 0 Å². The quantitative estimate of drug-likeness (QED) is 0.742. The molecule has 2 N–H and O–H groups in total. The van der Waals surface area contributed by atoms with E-state index in [1.807, 2.05) is 6.92 Å². The molecule has 6 heteroatoms. The molecule has 2 amide bonds. The van der Waals surface area contributed by atoms with Gasteiger partial charge in [-0.2, -0.15) is 0 Å². The Morgan fingerprint density at radius 1 is 1.56 bits per heavy atom. The Balaban J connectivity index is 2.34. The van der Waals surface area contributed by atoms with E-state index in [0.717, 1.165) is 12.8 Å². The van der Waals surface area contributed by atoms with E-state index in [-0.39, 0.29) is 18.7 Å². The van der Waals surface area contributed by atoms with Crippen LogP contribution in [0.25, 0.3) is 0 Å². The number of carbonyl (C=O) groups excluding carboxylic acids is 1. The number of aliphatic carboxylic acids is 1. The molecule has 0 bridgehead atoms. The predicted octanol–water partition coefficient (Wildman–Crippen LogP) is 0.918. The van der Waals surface area contributed by atoms with E-state index in [4.69, 9.17) is 9.84 Å². The summed E-state index contributed by atoms with van der Waals surface area (Å²) < 4.78 is 5.18. The van der Waals surface area contributed by atoms with Gasteiger partial charge in [0.25, 0.3) is 0 Å². The van der Waals surface area contributed by atoms with Crippen LogP contribution < -0.4 is 5.32 Å². The van der Waals surface area contributed by atoms with Gasteiger partial charge in [0.15, 0.2) is 0 Å². The lowest BCUT2D eigenvalue weighted by molar-refractivity contribution is -0.141. The molecule has 18 heavy (non-hydrogen) atoms. The zero-order valence-electron chi connectivity index (χ0n) is 11.0. The van der Waals surface area contributed by atoms with Gasteiger partial charge in [0.05, 0.1) is 12.0 Å². The number of likely N-dealkylation sites (tertiary alicyclic amines) is 1. The summed E-state index contributed by atoms with van der Waals surface area (Å²) in [6.45, 7) is 3.36. The van der Waals surface area contributed by atoms with Gasteiger partial charge in [-0.1, -0.05) is 13.3 Å². The van der Waals surface area contributed by atoms with Gasteiger partial charge in [-0.15, -0.1) is 0 Å². The van der Waals surface area contributed by atoms with Crippen LogP contribution in [0.1, 0.15) is 26.2 Å². The van der Waals surface area contributed by atoms with Crippen molar-refractivity contribution in [1.82, 2.24) is 10.2 Å². The van der Waals surface area contributed by atoms with Crippen molar-refractivity contribution >= 4 is 12.0 Å². The number of nitrogens with zero attached hydrogens (tertiary/aromatic N) is 1. The number of nitrogens with one attached hydrogen (secondary N) is 1. The van der Waals surface area contributed by atoms with Crippen molar-refractivity contribution in [2.24, 2.45) is 5.92 Å². The molecular weight excluding hydrogens is 236 g/mol. The van der Waals surface area contributed by atoms with Gasteiger partial charge < -0.3 is 20.1 Å². The van der Waals surface area contributed by atoms with Crippen molar-refractivity contribution in [3.63, 3.8) is 0 Å². The van der Waals surface area contributed by atoms with E-state index in [9.17, 15) is 9.59 Å². The van der Waals surface area contributed by atoms with Crippen molar-refractivity contribution in [2.75, 3.05) is 26.7 Å². The zero-order chi connectivity index (χ0) is 13.5. The molecule has 0 saturated carbocycles. The average molecular weight is 258 g/mol. The Morgan fingerprint density at radius 3 is 2.78 bits per heavy atom. The van der Waals surface area contributed by atoms with Crippen LogP contribution in [-0.4, -0.2) is 54.9 Å². The molecule has 0 radical (unpaired) electrons. The number of carboxylic acid groups (broad SMARTS) is 1. The monoisotopic (exact) mass is 258 g/mol. The predicted molar refractivity (Wildman–Crippen MR) is 66.4 cm³/mol. The Labute approximate surface area is 107 Å². The fourth-order valence-corrected chi connectivity index (χ4v) is 2.09. The fourth-order valence-electron chi connectivity index (χ4n) is 2.09. The maximum Gasteiger partial charge on any atom is 0.317 e. The molecule has 2 unspecified atom stereocenters. The van der Waals surface area contributed by atoms with E-state index in [1.165, 1.54) is 0 Å². The average Bonchev–Trinajstić information content (AvgIpc) is 2.82. The van der Waals surface area contributed by atoms with Gasteiger partial charge in [-0.3, -0.25) is 4.79 Å². The van der Waals surface area contributed by atoms with Crippen LogP contribution >= 0.6 is 0 Å². The lowest BCUT2D eigenvalue weighted by Gasteiger charge is -2.19. The van der Waals surface area contributed by atoms with Crippen molar-refractivity contribution in [2.45, 2.75) is 32.3 Å². The largest absolute Gasteiger partial charge is 0.481 e. The third kappa shape index (κ3) is 4.18. The van der Waals surface area contributed by atoms with Crippen LogP contribution in [0.5, 0.6) is 0 Å². The Kier molecular flexibility index (Phi) is 5.91. The molecule has 0 aromatic heterocycles. The molecule has 6 nitrogen and oxygen atoms in total. The van der Waals surface area contributed by atoms with Crippen LogP contribution in [0.4, 0.5) is 4.79 Å². The Hall–Kier alpha value is -1.30. The number of methoxy groups -OCH3 is 1. The van der Waals surface area contributed by atoms with Crippen molar-refractivity contribution in [3.8, 4) is 0 Å². The summed E-state index contributed by atoms with van der Waals surface area (Å²) in [7, 11) is 1.63. The highest BCUT2D eigenvalue weighted by atomic mass is 16.5. The summed E-state index contributed by atoms with van der Waals surface area (Å²) in [6.07, 6.45) is 2.31. The summed E-state index contributed by atoms with van der Waals surface area (Å²) in [5, 5.41) is 11.7. The van der Waals surface area contributed by atoms with Crippen molar-refractivity contribution in [1.29, 1.82) is 0 Å². The van der Waals surface area contributed by atoms with Gasteiger partial charge >= 0.3 is 12.0 Å². The summed E-state index contributed by atoms with van der Waals surface area (Å²) in [5.41, 5.74) is 0. The number of carbonyl (C=O) groups is 2. The Bertz CT molecular complexity index is 296. The van der Waals surface area contributed by atoms with Crippen molar-refractivity contribution in [3.05, 3.63) is 0 Å². The van der Waals surface area contributed by atoms with Gasteiger partial charge in [-0.25, -0.2) is 4.79 Å². The van der Waals surface area contributed by atoms with Gasteiger partial charge in [-0.05, 0) is 12.8 Å². The lowest BCUT2D eigenvalue weighted by atomic mass is 10.0. The molecule has 2 atom stereocenters. The molecule has 1 fully saturated rings. The normalized spacial score (nSPS) is 20.8. The minimum atomic E-state index is -0.853. The first-order valence-electron chi connectivity index (χ1n) is 6.36. The molecule has 104 valence electrons. The SMILES string of the molecule is CCCC(CNC(=O)N1CCC(OC)C1)C(=O)O. The second-order valence-corrected chi connectivity index (χ2v) is 4.60. The first-order chi connectivity index (χ1) is 8.58. The molecule has 0 aromatic rings. The first-order valence-corrected chi connectivity index (χ1v) is 6.36. The fraction of sp³-hybridized carbons (Fsp3) is 0.833. The summed E-state index contributed by atoms with van der Waals surface area (Å²) >= 11 is 0. The molecule has 1 saturated heterocycles. The van der Waals surface area contributed by atoms with E-state index in [0.29, 0.717) is 19.5 Å². The molecule has 1 heterocycles. The maximum absolute atomic E-state index is 11.8. The number of hydrogen-bond donors (Lipinski definition) is 2. The molecule has 0 spiro atoms. The van der Waals surface area contributed by atoms with E-state index >= 15 is 0 Å². The van der Waals surface area contributed by atoms with Gasteiger partial charge in [0, 0.05) is 26.7 Å². The number of rotatable bonds is 6. The van der Waals surface area contributed by atoms with Gasteiger partial charge in [0.2, 0.25) is 0 Å². The molecule has 0 aromatic carbocycles. The number of carboxylic acids is 1. The van der Waals surface area contributed by atoms with Crippen LogP contribution in [0.3, 0.4) is 0 Å². The second kappa shape index (κ2) is 7.20. The molecule has 0 aliphatic carbocycles. The second-order valence-electron chi connectivity index (χ2n) is 4.60. The number of urea groups is 1. The van der Waals surface area contributed by atoms with E-state index in [2.05, 4.69) is 5.32 Å². The first kappa shape index (κ1) is 14.8. The molecular formula is C12H22N2O4. The summed E-state index contributed by atoms with van der Waals surface area (Å²) in [6, 6.07) is -0.197. The van der Waals surface area contributed by atoms with E-state index < -0.39 is 11.9 Å². The third-order valence-electron chi connectivity index (χ3n) is 3.25. The maximum atomic E-state index is 11.8.